The zero-order valence-corrected chi connectivity index (χ0v) is 9.64. The lowest BCUT2D eigenvalue weighted by molar-refractivity contribution is 0.0701. The smallest absolute Gasteiger partial charge is 0.347 e. The van der Waals surface area contributed by atoms with Crippen LogP contribution in [0.3, 0.4) is 0 Å². The Balaban J connectivity index is 2.63. The van der Waals surface area contributed by atoms with E-state index in [9.17, 15) is 4.79 Å². The lowest BCUT2D eigenvalue weighted by atomic mass is 10.4. The second kappa shape index (κ2) is 5.45. The van der Waals surface area contributed by atoms with Crippen molar-refractivity contribution >= 4 is 29.1 Å². The largest absolute Gasteiger partial charge is 0.477 e. The third kappa shape index (κ3) is 3.45. The molecule has 15 heavy (non-hydrogen) atoms. The van der Waals surface area contributed by atoms with E-state index < -0.39 is 12.1 Å². The highest BCUT2D eigenvalue weighted by Gasteiger charge is 2.14. The third-order valence-corrected chi connectivity index (χ3v) is 4.01. The Hall–Kier alpha value is -0.630. The minimum atomic E-state index is -0.987. The molecule has 0 aliphatic carbocycles. The number of aliphatic hydroxyl groups is 2. The molecule has 7 heteroatoms. The summed E-state index contributed by atoms with van der Waals surface area (Å²) in [6.07, 6.45) is -0.799. The van der Waals surface area contributed by atoms with Crippen LogP contribution in [-0.2, 0) is 0 Å². The molecular weight excluding hydrogens is 238 g/mol. The molecule has 5 nitrogen and oxygen atoms in total. The van der Waals surface area contributed by atoms with Gasteiger partial charge < -0.3 is 15.3 Å². The summed E-state index contributed by atoms with van der Waals surface area (Å²) in [5, 5.41) is 26.5. The Morgan fingerprint density at radius 3 is 2.80 bits per heavy atom. The summed E-state index contributed by atoms with van der Waals surface area (Å²) in [6.45, 7) is 1.33. The third-order valence-electron chi connectivity index (χ3n) is 1.58. The zero-order valence-electron chi connectivity index (χ0n) is 8.01. The number of aromatic nitrogens is 1. The number of thiazole rings is 1. The molecule has 84 valence electrons. The van der Waals surface area contributed by atoms with Crippen LogP contribution in [-0.4, -0.2) is 44.7 Å². The molecule has 3 N–H and O–H groups in total. The fourth-order valence-corrected chi connectivity index (χ4v) is 2.82. The van der Waals surface area contributed by atoms with Crippen LogP contribution >= 0.6 is 23.1 Å². The van der Waals surface area contributed by atoms with E-state index >= 15 is 0 Å². The Labute approximate surface area is 94.8 Å². The molecular formula is C8H11NO4S2. The normalized spacial score (nSPS) is 12.7. The minimum Gasteiger partial charge on any atom is -0.477 e. The van der Waals surface area contributed by atoms with Gasteiger partial charge in [-0.15, -0.1) is 11.3 Å². The molecule has 1 atom stereocenters. The average molecular weight is 249 g/mol. The molecule has 0 spiro atoms. The van der Waals surface area contributed by atoms with Crippen LogP contribution < -0.4 is 0 Å². The van der Waals surface area contributed by atoms with Gasteiger partial charge in [-0.2, -0.15) is 0 Å². The van der Waals surface area contributed by atoms with Crippen LogP contribution in [0.15, 0.2) is 4.34 Å². The molecule has 1 unspecified atom stereocenters. The van der Waals surface area contributed by atoms with E-state index in [0.717, 1.165) is 11.3 Å². The van der Waals surface area contributed by atoms with Crippen molar-refractivity contribution in [1.29, 1.82) is 0 Å². The van der Waals surface area contributed by atoms with Crippen molar-refractivity contribution in [1.82, 2.24) is 4.98 Å². The molecule has 0 amide bonds. The summed E-state index contributed by atoms with van der Waals surface area (Å²) in [7, 11) is 0. The van der Waals surface area contributed by atoms with Crippen LogP contribution in [0.5, 0.6) is 0 Å². The van der Waals surface area contributed by atoms with Crippen LogP contribution in [0.25, 0.3) is 0 Å². The predicted octanol–water partition coefficient (Wildman–Crippen LogP) is 0.595. The fourth-order valence-electron chi connectivity index (χ4n) is 0.852. The highest BCUT2D eigenvalue weighted by atomic mass is 32.2. The van der Waals surface area contributed by atoms with Gasteiger partial charge in [-0.05, 0) is 6.92 Å². The maximum Gasteiger partial charge on any atom is 0.347 e. The lowest BCUT2D eigenvalue weighted by Gasteiger charge is -2.03. The molecule has 0 radical (unpaired) electrons. The summed E-state index contributed by atoms with van der Waals surface area (Å²) in [6, 6.07) is 0. The van der Waals surface area contributed by atoms with Gasteiger partial charge in [0.1, 0.15) is 4.88 Å². The van der Waals surface area contributed by atoms with E-state index in [2.05, 4.69) is 4.98 Å². The van der Waals surface area contributed by atoms with E-state index in [-0.39, 0.29) is 11.5 Å². The molecule has 1 aromatic heterocycles. The predicted molar refractivity (Wildman–Crippen MR) is 57.6 cm³/mol. The van der Waals surface area contributed by atoms with Crippen LogP contribution in [0.2, 0.25) is 0 Å². The molecule has 0 aromatic carbocycles. The maximum absolute atomic E-state index is 10.7. The Morgan fingerprint density at radius 2 is 2.33 bits per heavy atom. The number of carboxylic acid groups (broad SMARTS) is 1. The second-order valence-corrected chi connectivity index (χ2v) is 5.11. The van der Waals surface area contributed by atoms with E-state index in [0.29, 0.717) is 15.8 Å². The van der Waals surface area contributed by atoms with Crippen molar-refractivity contribution in [2.45, 2.75) is 17.4 Å². The number of carbonyl (C=O) groups is 1. The van der Waals surface area contributed by atoms with E-state index in [1.807, 2.05) is 0 Å². The van der Waals surface area contributed by atoms with Crippen LogP contribution in [0, 0.1) is 6.92 Å². The first-order valence-electron chi connectivity index (χ1n) is 4.17. The first kappa shape index (κ1) is 12.4. The van der Waals surface area contributed by atoms with Gasteiger partial charge in [0, 0.05) is 5.75 Å². The summed E-state index contributed by atoms with van der Waals surface area (Å²) in [5.74, 6) is -0.678. The fraction of sp³-hybridized carbons (Fsp3) is 0.500. The van der Waals surface area contributed by atoms with Crippen LogP contribution in [0.1, 0.15) is 15.4 Å². The molecule has 1 heterocycles. The Morgan fingerprint density at radius 1 is 1.67 bits per heavy atom. The summed E-state index contributed by atoms with van der Waals surface area (Å²) < 4.78 is 0.595. The van der Waals surface area contributed by atoms with Gasteiger partial charge in [-0.25, -0.2) is 9.78 Å². The number of aliphatic hydroxyl groups excluding tert-OH is 2. The van der Waals surface area contributed by atoms with Gasteiger partial charge in [0.2, 0.25) is 0 Å². The van der Waals surface area contributed by atoms with Crippen molar-refractivity contribution < 1.29 is 20.1 Å². The molecule has 1 aromatic rings. The Bertz CT molecular complexity index is 352. The zero-order chi connectivity index (χ0) is 11.4. The Kier molecular flexibility index (Phi) is 4.52. The quantitative estimate of drug-likeness (QED) is 0.662. The highest BCUT2D eigenvalue weighted by Crippen LogP contribution is 2.27. The summed E-state index contributed by atoms with van der Waals surface area (Å²) >= 11 is 2.32. The number of aryl methyl sites for hydroxylation is 1. The van der Waals surface area contributed by atoms with Gasteiger partial charge >= 0.3 is 5.97 Å². The van der Waals surface area contributed by atoms with Crippen molar-refractivity contribution in [2.75, 3.05) is 12.4 Å². The molecule has 0 fully saturated rings. The number of aromatic carboxylic acids is 1. The van der Waals surface area contributed by atoms with E-state index in [1.54, 1.807) is 6.92 Å². The summed E-state index contributed by atoms with van der Waals surface area (Å²) in [5.41, 5.74) is 0.480. The molecule has 0 saturated carbocycles. The van der Waals surface area contributed by atoms with Gasteiger partial charge in [-0.1, -0.05) is 11.8 Å². The van der Waals surface area contributed by atoms with Gasteiger partial charge in [-0.3, -0.25) is 0 Å². The second-order valence-electron chi connectivity index (χ2n) is 2.85. The molecule has 0 aliphatic rings. The summed E-state index contributed by atoms with van der Waals surface area (Å²) in [4.78, 5) is 15.0. The molecule has 1 rings (SSSR count). The van der Waals surface area contributed by atoms with Crippen molar-refractivity contribution in [3.63, 3.8) is 0 Å². The maximum atomic E-state index is 10.7. The van der Waals surface area contributed by atoms with Crippen molar-refractivity contribution in [3.8, 4) is 0 Å². The van der Waals surface area contributed by atoms with Crippen molar-refractivity contribution in [2.24, 2.45) is 0 Å². The van der Waals surface area contributed by atoms with E-state index in [1.165, 1.54) is 11.8 Å². The minimum absolute atomic E-state index is 0.219. The monoisotopic (exact) mass is 249 g/mol. The average Bonchev–Trinajstić information content (AvgIpc) is 2.56. The number of hydrogen-bond acceptors (Lipinski definition) is 6. The highest BCUT2D eigenvalue weighted by molar-refractivity contribution is 8.01. The van der Waals surface area contributed by atoms with Gasteiger partial charge in [0.15, 0.2) is 4.34 Å². The number of thioether (sulfide) groups is 1. The lowest BCUT2D eigenvalue weighted by Crippen LogP contribution is -2.14. The first-order chi connectivity index (χ1) is 7.04. The topological polar surface area (TPSA) is 90.7 Å². The molecule has 0 bridgehead atoms. The van der Waals surface area contributed by atoms with Crippen molar-refractivity contribution in [3.05, 3.63) is 10.6 Å². The van der Waals surface area contributed by atoms with E-state index in [4.69, 9.17) is 15.3 Å². The standard InChI is InChI=1S/C8H11NO4S2/c1-4-6(7(12)13)15-8(9-4)14-3-5(11)2-10/h5,10-11H,2-3H2,1H3,(H,12,13). The number of hydrogen-bond donors (Lipinski definition) is 3. The molecule has 0 aliphatic heterocycles. The van der Waals surface area contributed by atoms with Gasteiger partial charge in [0.25, 0.3) is 0 Å². The first-order valence-corrected chi connectivity index (χ1v) is 5.97. The molecule has 0 saturated heterocycles. The SMILES string of the molecule is Cc1nc(SCC(O)CO)sc1C(=O)O. The number of carboxylic acids is 1. The van der Waals surface area contributed by atoms with Gasteiger partial charge in [0.05, 0.1) is 18.4 Å². The number of nitrogens with zero attached hydrogens (tertiary/aromatic N) is 1. The number of rotatable bonds is 5. The van der Waals surface area contributed by atoms with Crippen LogP contribution in [0.4, 0.5) is 0 Å².